The van der Waals surface area contributed by atoms with E-state index in [1.807, 2.05) is 6.92 Å². The van der Waals surface area contributed by atoms with Gasteiger partial charge in [-0.2, -0.15) is 0 Å². The third-order valence-electron chi connectivity index (χ3n) is 3.18. The molecule has 20 heavy (non-hydrogen) atoms. The average Bonchev–Trinajstić information content (AvgIpc) is 2.40. The van der Waals surface area contributed by atoms with Gasteiger partial charge in [0.2, 0.25) is 0 Å². The smallest absolute Gasteiger partial charge is 0.179 e. The van der Waals surface area contributed by atoms with Crippen molar-refractivity contribution in [3.63, 3.8) is 0 Å². The van der Waals surface area contributed by atoms with Crippen molar-refractivity contribution in [2.24, 2.45) is 0 Å². The number of sulfone groups is 1. The highest BCUT2D eigenvalue weighted by Crippen LogP contribution is 2.26. The molecule has 0 amide bonds. The first-order valence-electron chi connectivity index (χ1n) is 6.82. The van der Waals surface area contributed by atoms with Gasteiger partial charge in [-0.1, -0.05) is 37.0 Å². The Morgan fingerprint density at radius 1 is 1.25 bits per heavy atom. The fraction of sp³-hybridized carbons (Fsp3) is 0.571. The van der Waals surface area contributed by atoms with Gasteiger partial charge in [-0.15, -0.1) is 0 Å². The Balaban J connectivity index is 2.68. The Bertz CT molecular complexity index is 532. The zero-order valence-electron chi connectivity index (χ0n) is 11.8. The number of halogens is 2. The first-order chi connectivity index (χ1) is 9.40. The van der Waals surface area contributed by atoms with Crippen molar-refractivity contribution in [1.29, 1.82) is 0 Å². The highest BCUT2D eigenvalue weighted by atomic mass is 35.5. The van der Waals surface area contributed by atoms with Gasteiger partial charge in [-0.25, -0.2) is 8.42 Å². The van der Waals surface area contributed by atoms with Crippen LogP contribution in [-0.2, 0) is 9.84 Å². The monoisotopic (exact) mass is 337 g/mol. The number of hydrogen-bond donors (Lipinski definition) is 1. The fourth-order valence-electron chi connectivity index (χ4n) is 2.08. The third kappa shape index (κ3) is 5.24. The summed E-state index contributed by atoms with van der Waals surface area (Å²) in [5.41, 5.74) is 0. The van der Waals surface area contributed by atoms with E-state index < -0.39 is 9.84 Å². The molecular weight excluding hydrogens is 317 g/mol. The molecule has 0 heterocycles. The summed E-state index contributed by atoms with van der Waals surface area (Å²) < 4.78 is 24.5. The van der Waals surface area contributed by atoms with Crippen molar-refractivity contribution in [1.82, 2.24) is 5.32 Å². The van der Waals surface area contributed by atoms with E-state index in [9.17, 15) is 8.42 Å². The molecule has 1 aromatic rings. The lowest BCUT2D eigenvalue weighted by Gasteiger charge is -2.15. The van der Waals surface area contributed by atoms with E-state index in [-0.39, 0.29) is 15.7 Å². The minimum Gasteiger partial charge on any atom is -0.314 e. The second-order valence-electron chi connectivity index (χ2n) is 4.70. The maximum Gasteiger partial charge on any atom is 0.179 e. The predicted molar refractivity (Wildman–Crippen MR) is 85.5 cm³/mol. The lowest BCUT2D eigenvalue weighted by Crippen LogP contribution is -2.28. The maximum atomic E-state index is 12.3. The molecule has 0 spiro atoms. The van der Waals surface area contributed by atoms with Gasteiger partial charge in [-0.05, 0) is 44.0 Å². The van der Waals surface area contributed by atoms with Crippen molar-refractivity contribution in [3.8, 4) is 0 Å². The molecule has 0 aliphatic carbocycles. The quantitative estimate of drug-likeness (QED) is 0.781. The Labute approximate surface area is 131 Å². The number of rotatable bonds is 8. The summed E-state index contributed by atoms with van der Waals surface area (Å²) in [7, 11) is -3.38. The Morgan fingerprint density at radius 2 is 1.95 bits per heavy atom. The molecule has 1 N–H and O–H groups in total. The summed E-state index contributed by atoms with van der Waals surface area (Å²) in [6, 6.07) is 4.89. The summed E-state index contributed by atoms with van der Waals surface area (Å²) in [5, 5.41) is 3.95. The van der Waals surface area contributed by atoms with Crippen molar-refractivity contribution < 1.29 is 8.42 Å². The lowest BCUT2D eigenvalue weighted by molar-refractivity contribution is 0.475. The molecule has 0 aliphatic rings. The summed E-state index contributed by atoms with van der Waals surface area (Å²) in [4.78, 5) is 0.128. The molecule has 3 nitrogen and oxygen atoms in total. The third-order valence-corrected chi connectivity index (χ3v) is 5.69. The largest absolute Gasteiger partial charge is 0.314 e. The molecule has 0 aliphatic heterocycles. The number of nitrogens with one attached hydrogen (secondary N) is 1. The number of benzene rings is 1. The van der Waals surface area contributed by atoms with Crippen LogP contribution in [0.15, 0.2) is 23.1 Å². The second-order valence-corrected chi connectivity index (χ2v) is 7.62. The number of hydrogen-bond acceptors (Lipinski definition) is 3. The molecule has 1 aromatic carbocycles. The van der Waals surface area contributed by atoms with Crippen LogP contribution in [0, 0.1) is 0 Å². The van der Waals surface area contributed by atoms with Crippen LogP contribution in [0.4, 0.5) is 0 Å². The van der Waals surface area contributed by atoms with Crippen LogP contribution in [-0.4, -0.2) is 26.8 Å². The fourth-order valence-corrected chi connectivity index (χ4v) is 4.23. The maximum absolute atomic E-state index is 12.3. The molecule has 1 rings (SSSR count). The van der Waals surface area contributed by atoms with Gasteiger partial charge in [0, 0.05) is 11.1 Å². The minimum absolute atomic E-state index is 0.0922. The summed E-state index contributed by atoms with van der Waals surface area (Å²) in [6.45, 7) is 5.03. The van der Waals surface area contributed by atoms with Crippen LogP contribution in [0.1, 0.15) is 33.1 Å². The van der Waals surface area contributed by atoms with Crippen molar-refractivity contribution in [2.45, 2.75) is 44.0 Å². The summed E-state index contributed by atoms with van der Waals surface area (Å²) in [6.07, 6.45) is 2.43. The second kappa shape index (κ2) is 8.23. The van der Waals surface area contributed by atoms with E-state index in [4.69, 9.17) is 23.2 Å². The van der Waals surface area contributed by atoms with Crippen LogP contribution < -0.4 is 5.32 Å². The van der Waals surface area contributed by atoms with Gasteiger partial charge < -0.3 is 5.32 Å². The molecule has 0 radical (unpaired) electrons. The molecule has 1 unspecified atom stereocenters. The molecular formula is C14H21Cl2NO2S. The van der Waals surface area contributed by atoms with Gasteiger partial charge in [-0.3, -0.25) is 0 Å². The predicted octanol–water partition coefficient (Wildman–Crippen LogP) is 3.94. The van der Waals surface area contributed by atoms with Crippen molar-refractivity contribution in [3.05, 3.63) is 28.2 Å². The van der Waals surface area contributed by atoms with E-state index in [0.29, 0.717) is 17.5 Å². The van der Waals surface area contributed by atoms with Crippen LogP contribution in [0.3, 0.4) is 0 Å². The standard InChI is InChI=1S/C14H21Cl2NO2S/c1-3-12(17-4-2)6-5-9-20(18,19)14-10-11(15)7-8-13(14)16/h7-8,10,12,17H,3-6,9H2,1-2H3. The van der Waals surface area contributed by atoms with Gasteiger partial charge >= 0.3 is 0 Å². The first-order valence-corrected chi connectivity index (χ1v) is 9.22. The topological polar surface area (TPSA) is 46.2 Å². The Kier molecular flexibility index (Phi) is 7.30. The summed E-state index contributed by atoms with van der Waals surface area (Å²) >= 11 is 11.8. The Morgan fingerprint density at radius 3 is 2.55 bits per heavy atom. The van der Waals surface area contributed by atoms with E-state index in [2.05, 4.69) is 12.2 Å². The van der Waals surface area contributed by atoms with E-state index in [1.54, 1.807) is 6.07 Å². The van der Waals surface area contributed by atoms with E-state index in [1.165, 1.54) is 12.1 Å². The van der Waals surface area contributed by atoms with Gasteiger partial charge in [0.15, 0.2) is 9.84 Å². The van der Waals surface area contributed by atoms with Gasteiger partial charge in [0.05, 0.1) is 15.7 Å². The molecule has 0 aromatic heterocycles. The highest BCUT2D eigenvalue weighted by molar-refractivity contribution is 7.91. The first kappa shape index (κ1) is 17.8. The SMILES string of the molecule is CCNC(CC)CCCS(=O)(=O)c1cc(Cl)ccc1Cl. The zero-order chi connectivity index (χ0) is 15.2. The van der Waals surface area contributed by atoms with Gasteiger partial charge in [0.1, 0.15) is 0 Å². The molecule has 0 saturated heterocycles. The van der Waals surface area contributed by atoms with E-state index >= 15 is 0 Å². The molecule has 0 fully saturated rings. The molecule has 114 valence electrons. The zero-order valence-corrected chi connectivity index (χ0v) is 14.2. The van der Waals surface area contributed by atoms with Crippen molar-refractivity contribution >= 4 is 33.0 Å². The molecule has 1 atom stereocenters. The average molecular weight is 338 g/mol. The Hall–Kier alpha value is -0.290. The molecule has 0 saturated carbocycles. The van der Waals surface area contributed by atoms with Crippen molar-refractivity contribution in [2.75, 3.05) is 12.3 Å². The van der Waals surface area contributed by atoms with Crippen LogP contribution in [0.2, 0.25) is 10.0 Å². The molecule has 6 heteroatoms. The minimum atomic E-state index is -3.38. The van der Waals surface area contributed by atoms with Crippen LogP contribution in [0.5, 0.6) is 0 Å². The lowest BCUT2D eigenvalue weighted by atomic mass is 10.1. The van der Waals surface area contributed by atoms with Crippen LogP contribution in [0.25, 0.3) is 0 Å². The van der Waals surface area contributed by atoms with Crippen LogP contribution >= 0.6 is 23.2 Å². The van der Waals surface area contributed by atoms with E-state index in [0.717, 1.165) is 19.4 Å². The highest BCUT2D eigenvalue weighted by Gasteiger charge is 2.19. The summed E-state index contributed by atoms with van der Waals surface area (Å²) in [5.74, 6) is 0.0922. The van der Waals surface area contributed by atoms with Gasteiger partial charge in [0.25, 0.3) is 0 Å². The molecule has 0 bridgehead atoms. The normalized spacial score (nSPS) is 13.4.